The molecule has 2 aromatic rings. The molecule has 0 aliphatic rings. The number of imidazole rings is 1. The van der Waals surface area contributed by atoms with Crippen molar-refractivity contribution in [2.24, 2.45) is 0 Å². The third-order valence-corrected chi connectivity index (χ3v) is 2.84. The van der Waals surface area contributed by atoms with Crippen molar-refractivity contribution in [2.45, 2.75) is 20.1 Å². The first kappa shape index (κ1) is 13.1. The molecule has 0 atom stereocenters. The Kier molecular flexibility index (Phi) is 4.18. The van der Waals surface area contributed by atoms with Gasteiger partial charge in [-0.3, -0.25) is 4.79 Å². The van der Waals surface area contributed by atoms with E-state index in [9.17, 15) is 4.79 Å². The molecule has 1 aromatic heterocycles. The van der Waals surface area contributed by atoms with Crippen LogP contribution in [0.2, 0.25) is 0 Å². The number of hydrogen-bond donors (Lipinski definition) is 0. The van der Waals surface area contributed by atoms with Crippen molar-refractivity contribution in [1.29, 1.82) is 0 Å². The van der Waals surface area contributed by atoms with Crippen molar-refractivity contribution < 1.29 is 14.3 Å². The second kappa shape index (κ2) is 6.04. The maximum absolute atomic E-state index is 10.8. The van der Waals surface area contributed by atoms with Crippen LogP contribution in [0.3, 0.4) is 0 Å². The molecule has 0 N–H and O–H groups in total. The second-order valence-corrected chi connectivity index (χ2v) is 3.99. The highest BCUT2D eigenvalue weighted by molar-refractivity contribution is 5.76. The van der Waals surface area contributed by atoms with Gasteiger partial charge in [0, 0.05) is 12.1 Å². The van der Waals surface area contributed by atoms with Crippen LogP contribution < -0.4 is 9.47 Å². The van der Waals surface area contributed by atoms with Gasteiger partial charge in [0.05, 0.1) is 25.3 Å². The molecule has 0 bridgehead atoms. The van der Waals surface area contributed by atoms with Crippen LogP contribution >= 0.6 is 0 Å². The van der Waals surface area contributed by atoms with E-state index in [-0.39, 0.29) is 0 Å². The predicted octanol–water partition coefficient (Wildman–Crippen LogP) is 2.30. The van der Waals surface area contributed by atoms with E-state index in [2.05, 4.69) is 4.98 Å². The van der Waals surface area contributed by atoms with Gasteiger partial charge in [-0.25, -0.2) is 4.98 Å². The first-order valence-electron chi connectivity index (χ1n) is 6.03. The number of nitrogens with zero attached hydrogens (tertiary/aromatic N) is 2. The Labute approximate surface area is 111 Å². The predicted molar refractivity (Wildman–Crippen MR) is 70.6 cm³/mol. The third-order valence-electron chi connectivity index (χ3n) is 2.84. The standard InChI is InChI=1S/C14H16N2O3/c1-3-16-10-15-7-12(16)9-19-14-6-11(8-17)4-5-13(14)18-2/h4-8,10H,3,9H2,1-2H3. The van der Waals surface area contributed by atoms with Crippen LogP contribution in [0.25, 0.3) is 0 Å². The zero-order valence-electron chi connectivity index (χ0n) is 11.0. The van der Waals surface area contributed by atoms with Gasteiger partial charge in [0.2, 0.25) is 0 Å². The Morgan fingerprint density at radius 2 is 2.21 bits per heavy atom. The highest BCUT2D eigenvalue weighted by Crippen LogP contribution is 2.28. The van der Waals surface area contributed by atoms with E-state index in [1.54, 1.807) is 37.8 Å². The molecule has 0 amide bonds. The van der Waals surface area contributed by atoms with Crippen LogP contribution in [0.1, 0.15) is 23.0 Å². The molecule has 0 spiro atoms. The maximum atomic E-state index is 10.8. The summed E-state index contributed by atoms with van der Waals surface area (Å²) in [4.78, 5) is 14.9. The molecule has 100 valence electrons. The van der Waals surface area contributed by atoms with Gasteiger partial charge >= 0.3 is 0 Å². The van der Waals surface area contributed by atoms with Crippen LogP contribution in [0.15, 0.2) is 30.7 Å². The van der Waals surface area contributed by atoms with Gasteiger partial charge in [0.1, 0.15) is 12.9 Å². The van der Waals surface area contributed by atoms with Crippen molar-refractivity contribution in [2.75, 3.05) is 7.11 Å². The number of ether oxygens (including phenoxy) is 2. The molecule has 1 heterocycles. The van der Waals surface area contributed by atoms with E-state index in [0.29, 0.717) is 23.7 Å². The smallest absolute Gasteiger partial charge is 0.162 e. The van der Waals surface area contributed by atoms with E-state index in [1.165, 1.54) is 0 Å². The lowest BCUT2D eigenvalue weighted by atomic mass is 10.2. The summed E-state index contributed by atoms with van der Waals surface area (Å²) >= 11 is 0. The SMILES string of the molecule is CCn1cncc1COc1cc(C=O)ccc1OC. The summed E-state index contributed by atoms with van der Waals surface area (Å²) < 4.78 is 12.9. The van der Waals surface area contributed by atoms with Crippen molar-refractivity contribution in [3.8, 4) is 11.5 Å². The van der Waals surface area contributed by atoms with Crippen LogP contribution in [0.5, 0.6) is 11.5 Å². The number of carbonyl (C=O) groups is 1. The number of aldehydes is 1. The van der Waals surface area contributed by atoms with Crippen LogP contribution in [0.4, 0.5) is 0 Å². The van der Waals surface area contributed by atoms with Crippen molar-refractivity contribution in [3.05, 3.63) is 42.0 Å². The average molecular weight is 260 g/mol. The molecule has 5 nitrogen and oxygen atoms in total. The molecule has 0 aliphatic carbocycles. The summed E-state index contributed by atoms with van der Waals surface area (Å²) in [6.07, 6.45) is 4.31. The molecule has 5 heteroatoms. The van der Waals surface area contributed by atoms with Crippen LogP contribution in [-0.2, 0) is 13.2 Å². The lowest BCUT2D eigenvalue weighted by Gasteiger charge is -2.11. The Hall–Kier alpha value is -2.30. The van der Waals surface area contributed by atoms with Gasteiger partial charge in [-0.2, -0.15) is 0 Å². The molecule has 0 aliphatic heterocycles. The molecule has 1 aromatic carbocycles. The first-order chi connectivity index (χ1) is 9.28. The molecule has 2 rings (SSSR count). The zero-order valence-corrected chi connectivity index (χ0v) is 11.0. The number of aryl methyl sites for hydroxylation is 1. The summed E-state index contributed by atoms with van der Waals surface area (Å²) in [6, 6.07) is 5.07. The van der Waals surface area contributed by atoms with E-state index in [4.69, 9.17) is 9.47 Å². The van der Waals surface area contributed by atoms with E-state index < -0.39 is 0 Å². The van der Waals surface area contributed by atoms with Crippen molar-refractivity contribution in [1.82, 2.24) is 9.55 Å². The molecular formula is C14H16N2O3. The summed E-state index contributed by atoms with van der Waals surface area (Å²) in [5, 5.41) is 0. The Morgan fingerprint density at radius 3 is 2.89 bits per heavy atom. The number of methoxy groups -OCH3 is 1. The highest BCUT2D eigenvalue weighted by atomic mass is 16.5. The van der Waals surface area contributed by atoms with Gasteiger partial charge in [-0.15, -0.1) is 0 Å². The lowest BCUT2D eigenvalue weighted by Crippen LogP contribution is -2.04. The Morgan fingerprint density at radius 1 is 1.37 bits per heavy atom. The van der Waals surface area contributed by atoms with Gasteiger partial charge in [-0.05, 0) is 25.1 Å². The van der Waals surface area contributed by atoms with Crippen LogP contribution in [-0.4, -0.2) is 22.9 Å². The van der Waals surface area contributed by atoms with Gasteiger partial charge in [0.25, 0.3) is 0 Å². The third kappa shape index (κ3) is 2.93. The van der Waals surface area contributed by atoms with Crippen molar-refractivity contribution in [3.63, 3.8) is 0 Å². The van der Waals surface area contributed by atoms with Gasteiger partial charge in [0.15, 0.2) is 11.5 Å². The van der Waals surface area contributed by atoms with Gasteiger partial charge in [-0.1, -0.05) is 0 Å². The Balaban J connectivity index is 2.16. The van der Waals surface area contributed by atoms with E-state index in [1.807, 2.05) is 11.5 Å². The molecular weight excluding hydrogens is 244 g/mol. The summed E-state index contributed by atoms with van der Waals surface area (Å²) in [5.74, 6) is 1.16. The molecule has 0 saturated heterocycles. The maximum Gasteiger partial charge on any atom is 0.162 e. The first-order valence-corrected chi connectivity index (χ1v) is 6.03. The zero-order chi connectivity index (χ0) is 13.7. The topological polar surface area (TPSA) is 53.4 Å². The monoisotopic (exact) mass is 260 g/mol. The minimum atomic E-state index is 0.381. The molecule has 0 unspecified atom stereocenters. The number of rotatable bonds is 6. The van der Waals surface area contributed by atoms with Crippen LogP contribution in [0, 0.1) is 0 Å². The molecule has 0 radical (unpaired) electrons. The number of aromatic nitrogens is 2. The summed E-state index contributed by atoms with van der Waals surface area (Å²) in [6.45, 7) is 3.26. The lowest BCUT2D eigenvalue weighted by molar-refractivity contribution is 0.112. The average Bonchev–Trinajstić information content (AvgIpc) is 2.92. The van der Waals surface area contributed by atoms with Crippen molar-refractivity contribution >= 4 is 6.29 Å². The fraction of sp³-hybridized carbons (Fsp3) is 0.286. The summed E-state index contributed by atoms with van der Waals surface area (Å²) in [7, 11) is 1.57. The number of carbonyl (C=O) groups excluding carboxylic acids is 1. The quantitative estimate of drug-likeness (QED) is 0.748. The van der Waals surface area contributed by atoms with E-state index >= 15 is 0 Å². The minimum absolute atomic E-state index is 0.381. The number of benzene rings is 1. The van der Waals surface area contributed by atoms with Gasteiger partial charge < -0.3 is 14.0 Å². The van der Waals surface area contributed by atoms with E-state index in [0.717, 1.165) is 18.5 Å². The molecule has 0 fully saturated rings. The fourth-order valence-electron chi connectivity index (χ4n) is 1.78. The second-order valence-electron chi connectivity index (χ2n) is 3.99. The number of hydrogen-bond acceptors (Lipinski definition) is 4. The largest absolute Gasteiger partial charge is 0.493 e. The molecule has 0 saturated carbocycles. The Bertz CT molecular complexity index is 564. The normalized spacial score (nSPS) is 10.2. The molecule has 19 heavy (non-hydrogen) atoms. The highest BCUT2D eigenvalue weighted by Gasteiger charge is 2.07. The fourth-order valence-corrected chi connectivity index (χ4v) is 1.78. The minimum Gasteiger partial charge on any atom is -0.493 e. The summed E-state index contributed by atoms with van der Waals surface area (Å²) in [5.41, 5.74) is 1.53.